The second-order valence-electron chi connectivity index (χ2n) is 2.33. The zero-order valence-electron chi connectivity index (χ0n) is 5.44. The minimum atomic E-state index is -3.69. The molecule has 6 heteroatoms. The summed E-state index contributed by atoms with van der Waals surface area (Å²) in [5.41, 5.74) is 0. The average Bonchev–Trinajstić information content (AvgIpc) is 2.14. The fourth-order valence-corrected chi connectivity index (χ4v) is 0.868. The molecule has 1 fully saturated rings. The summed E-state index contributed by atoms with van der Waals surface area (Å²) >= 11 is 0. The van der Waals surface area contributed by atoms with Crippen molar-refractivity contribution >= 4 is 0 Å². The number of aliphatic hydroxyl groups is 3. The number of hydrogen-bond donors (Lipinski definition) is 3. The topological polar surface area (TPSA) is 69.9 Å². The summed E-state index contributed by atoms with van der Waals surface area (Å²) in [5, 5.41) is 25.5. The Kier molecular flexibility index (Phi) is 2.10. The van der Waals surface area contributed by atoms with Crippen molar-refractivity contribution in [1.82, 2.24) is 0 Å². The Hall–Kier alpha value is -0.300. The minimum absolute atomic E-state index is 0.742. The quantitative estimate of drug-likeness (QED) is 0.457. The maximum absolute atomic E-state index is 12.4. The lowest BCUT2D eigenvalue weighted by atomic mass is 10.1. The molecule has 4 nitrogen and oxygen atoms in total. The van der Waals surface area contributed by atoms with Gasteiger partial charge in [-0.3, -0.25) is 0 Å². The number of alkyl halides is 2. The van der Waals surface area contributed by atoms with Crippen molar-refractivity contribution in [2.75, 3.05) is 6.61 Å². The SMILES string of the molecule is OC[C@H]1O[C@H](O)C(F)(F)C1O. The number of aliphatic hydroxyl groups excluding tert-OH is 3. The molecule has 3 atom stereocenters. The van der Waals surface area contributed by atoms with Crippen molar-refractivity contribution in [2.24, 2.45) is 0 Å². The first-order valence-corrected chi connectivity index (χ1v) is 3.00. The van der Waals surface area contributed by atoms with Crippen LogP contribution in [0, 0.1) is 0 Å². The molecule has 1 aliphatic rings. The fourth-order valence-electron chi connectivity index (χ4n) is 0.868. The molecule has 1 saturated heterocycles. The molecule has 0 aliphatic carbocycles. The zero-order chi connectivity index (χ0) is 8.65. The summed E-state index contributed by atoms with van der Waals surface area (Å²) in [7, 11) is 0. The van der Waals surface area contributed by atoms with Crippen LogP contribution in [0.25, 0.3) is 0 Å². The van der Waals surface area contributed by atoms with Gasteiger partial charge in [-0.25, -0.2) is 0 Å². The summed E-state index contributed by atoms with van der Waals surface area (Å²) in [6.45, 7) is -0.742. The highest BCUT2D eigenvalue weighted by Gasteiger charge is 2.57. The van der Waals surface area contributed by atoms with Gasteiger partial charge in [-0.05, 0) is 0 Å². The molecule has 1 rings (SSSR count). The molecule has 0 aromatic carbocycles. The van der Waals surface area contributed by atoms with Gasteiger partial charge in [-0.2, -0.15) is 8.78 Å². The monoisotopic (exact) mass is 170 g/mol. The Balaban J connectivity index is 2.71. The van der Waals surface area contributed by atoms with Gasteiger partial charge in [0.15, 0.2) is 6.10 Å². The van der Waals surface area contributed by atoms with Crippen molar-refractivity contribution in [3.8, 4) is 0 Å². The Morgan fingerprint density at radius 1 is 1.36 bits per heavy atom. The molecule has 1 unspecified atom stereocenters. The summed E-state index contributed by atoms with van der Waals surface area (Å²) < 4.78 is 29.0. The van der Waals surface area contributed by atoms with Crippen LogP contribution in [-0.4, -0.2) is 46.3 Å². The number of halogens is 2. The first kappa shape index (κ1) is 8.79. The van der Waals surface area contributed by atoms with E-state index in [1.807, 2.05) is 0 Å². The lowest BCUT2D eigenvalue weighted by Crippen LogP contribution is -2.40. The van der Waals surface area contributed by atoms with E-state index >= 15 is 0 Å². The Labute approximate surface area is 61.0 Å². The van der Waals surface area contributed by atoms with E-state index in [1.54, 1.807) is 0 Å². The molecule has 1 heterocycles. The van der Waals surface area contributed by atoms with Gasteiger partial charge in [0.25, 0.3) is 0 Å². The summed E-state index contributed by atoms with van der Waals surface area (Å²) in [5.74, 6) is -3.69. The Morgan fingerprint density at radius 2 is 1.91 bits per heavy atom. The Morgan fingerprint density at radius 3 is 2.09 bits per heavy atom. The number of rotatable bonds is 1. The highest BCUT2D eigenvalue weighted by Crippen LogP contribution is 2.34. The van der Waals surface area contributed by atoms with E-state index in [-0.39, 0.29) is 0 Å². The van der Waals surface area contributed by atoms with Crippen LogP contribution >= 0.6 is 0 Å². The molecule has 0 saturated carbocycles. The highest BCUT2D eigenvalue weighted by molar-refractivity contribution is 4.92. The van der Waals surface area contributed by atoms with Gasteiger partial charge in [0.1, 0.15) is 6.10 Å². The molecule has 0 aromatic heterocycles. The third-order valence-electron chi connectivity index (χ3n) is 1.56. The molecular formula is C5H8F2O4. The van der Waals surface area contributed by atoms with Gasteiger partial charge in [0.2, 0.25) is 6.29 Å². The highest BCUT2D eigenvalue weighted by atomic mass is 19.3. The average molecular weight is 170 g/mol. The van der Waals surface area contributed by atoms with E-state index in [9.17, 15) is 8.78 Å². The van der Waals surface area contributed by atoms with Gasteiger partial charge >= 0.3 is 5.92 Å². The zero-order valence-corrected chi connectivity index (χ0v) is 5.44. The minimum Gasteiger partial charge on any atom is -0.394 e. The molecule has 11 heavy (non-hydrogen) atoms. The van der Waals surface area contributed by atoms with Crippen molar-refractivity contribution < 1.29 is 28.8 Å². The predicted octanol–water partition coefficient (Wildman–Crippen LogP) is -1.31. The fraction of sp³-hybridized carbons (Fsp3) is 1.00. The van der Waals surface area contributed by atoms with Gasteiger partial charge in [0, 0.05) is 0 Å². The van der Waals surface area contributed by atoms with Crippen LogP contribution in [0.15, 0.2) is 0 Å². The van der Waals surface area contributed by atoms with E-state index < -0.39 is 31.0 Å². The van der Waals surface area contributed by atoms with Crippen LogP contribution in [0.5, 0.6) is 0 Å². The first-order chi connectivity index (χ1) is 5.00. The van der Waals surface area contributed by atoms with Crippen molar-refractivity contribution in [2.45, 2.75) is 24.4 Å². The molecule has 3 N–H and O–H groups in total. The summed E-state index contributed by atoms with van der Waals surface area (Å²) in [6, 6.07) is 0. The van der Waals surface area contributed by atoms with E-state index in [0.717, 1.165) is 0 Å². The molecule has 0 spiro atoms. The van der Waals surface area contributed by atoms with Gasteiger partial charge in [-0.15, -0.1) is 0 Å². The normalized spacial score (nSPS) is 42.8. The molecule has 0 aromatic rings. The van der Waals surface area contributed by atoms with Crippen LogP contribution in [0.2, 0.25) is 0 Å². The summed E-state index contributed by atoms with van der Waals surface area (Å²) in [4.78, 5) is 0. The smallest absolute Gasteiger partial charge is 0.325 e. The maximum Gasteiger partial charge on any atom is 0.325 e. The number of hydrogen-bond acceptors (Lipinski definition) is 4. The van der Waals surface area contributed by atoms with E-state index in [0.29, 0.717) is 0 Å². The summed E-state index contributed by atoms with van der Waals surface area (Å²) in [6.07, 6.45) is -5.86. The molecule has 0 bridgehead atoms. The largest absolute Gasteiger partial charge is 0.394 e. The van der Waals surface area contributed by atoms with Crippen molar-refractivity contribution in [3.63, 3.8) is 0 Å². The van der Waals surface area contributed by atoms with Crippen LogP contribution in [0.1, 0.15) is 0 Å². The lowest BCUT2D eigenvalue weighted by Gasteiger charge is -2.14. The Bertz CT molecular complexity index is 151. The molecule has 0 radical (unpaired) electrons. The first-order valence-electron chi connectivity index (χ1n) is 3.00. The van der Waals surface area contributed by atoms with Crippen LogP contribution < -0.4 is 0 Å². The predicted molar refractivity (Wildman–Crippen MR) is 28.9 cm³/mol. The van der Waals surface area contributed by atoms with Gasteiger partial charge in [0.05, 0.1) is 6.61 Å². The second-order valence-corrected chi connectivity index (χ2v) is 2.33. The van der Waals surface area contributed by atoms with Crippen LogP contribution in [-0.2, 0) is 4.74 Å². The third kappa shape index (κ3) is 1.22. The molecule has 1 aliphatic heterocycles. The molecular weight excluding hydrogens is 162 g/mol. The molecule has 66 valence electrons. The van der Waals surface area contributed by atoms with Crippen molar-refractivity contribution in [3.05, 3.63) is 0 Å². The van der Waals surface area contributed by atoms with Crippen molar-refractivity contribution in [1.29, 1.82) is 0 Å². The van der Waals surface area contributed by atoms with Crippen LogP contribution in [0.3, 0.4) is 0 Å². The van der Waals surface area contributed by atoms with E-state index in [4.69, 9.17) is 15.3 Å². The van der Waals surface area contributed by atoms with Gasteiger partial charge in [-0.1, -0.05) is 0 Å². The van der Waals surface area contributed by atoms with E-state index in [2.05, 4.69) is 4.74 Å². The van der Waals surface area contributed by atoms with Crippen LogP contribution in [0.4, 0.5) is 8.78 Å². The lowest BCUT2D eigenvalue weighted by molar-refractivity contribution is -0.198. The standard InChI is InChI=1S/C5H8F2O4/c6-5(7)3(9)2(1-8)11-4(5)10/h2-4,8-10H,1H2/t2-,3?,4+/m1/s1. The molecule has 0 amide bonds. The second kappa shape index (κ2) is 2.63. The third-order valence-corrected chi connectivity index (χ3v) is 1.56. The number of ether oxygens (including phenoxy) is 1. The maximum atomic E-state index is 12.4. The van der Waals surface area contributed by atoms with E-state index in [1.165, 1.54) is 0 Å². The van der Waals surface area contributed by atoms with Gasteiger partial charge < -0.3 is 20.1 Å².